The summed E-state index contributed by atoms with van der Waals surface area (Å²) in [5.74, 6) is -1.73. The summed E-state index contributed by atoms with van der Waals surface area (Å²) in [6, 6.07) is 6.89. The Balaban J connectivity index is 1.32. The van der Waals surface area contributed by atoms with Gasteiger partial charge in [-0.25, -0.2) is 9.07 Å². The monoisotopic (exact) mass is 489 g/mol. The highest BCUT2D eigenvalue weighted by Gasteiger charge is 2.19. The third-order valence-corrected chi connectivity index (χ3v) is 5.72. The van der Waals surface area contributed by atoms with Gasteiger partial charge in [-0.3, -0.25) is 9.88 Å². The highest BCUT2D eigenvalue weighted by atomic mass is 35.5. The molecule has 176 valence electrons. The summed E-state index contributed by atoms with van der Waals surface area (Å²) in [4.78, 5) is 6.45. The molecule has 0 unspecified atom stereocenters. The zero-order valence-corrected chi connectivity index (χ0v) is 18.6. The molecule has 0 saturated carbocycles. The van der Waals surface area contributed by atoms with Crippen molar-refractivity contribution in [1.82, 2.24) is 35.1 Å². The Morgan fingerprint density at radius 3 is 2.56 bits per heavy atom. The molecule has 8 nitrogen and oxygen atoms in total. The molecule has 4 heterocycles. The third kappa shape index (κ3) is 4.95. The van der Waals surface area contributed by atoms with E-state index in [4.69, 9.17) is 16.0 Å². The van der Waals surface area contributed by atoms with Crippen LogP contribution in [0.3, 0.4) is 0 Å². The molecule has 0 atom stereocenters. The van der Waals surface area contributed by atoms with Gasteiger partial charge in [0, 0.05) is 23.3 Å². The van der Waals surface area contributed by atoms with E-state index in [0.29, 0.717) is 10.7 Å². The Morgan fingerprint density at radius 1 is 1.00 bits per heavy atom. The van der Waals surface area contributed by atoms with Gasteiger partial charge in [0.15, 0.2) is 0 Å². The smallest absolute Gasteiger partial charge is 0.314 e. The lowest BCUT2D eigenvalue weighted by Gasteiger charge is -2.15. The number of likely N-dealkylation sites (tertiary alicyclic amines) is 1. The van der Waals surface area contributed by atoms with Crippen molar-refractivity contribution in [2.45, 2.75) is 32.4 Å². The molecular formula is C22H19ClF3N7O. The fourth-order valence-electron chi connectivity index (χ4n) is 3.89. The largest absolute Gasteiger partial charge is 0.415 e. The first-order valence-corrected chi connectivity index (χ1v) is 11.0. The molecule has 1 aromatic carbocycles. The van der Waals surface area contributed by atoms with Crippen molar-refractivity contribution in [3.8, 4) is 22.7 Å². The molecule has 1 saturated heterocycles. The number of rotatable bonds is 7. The van der Waals surface area contributed by atoms with Crippen LogP contribution in [0.4, 0.5) is 13.2 Å². The van der Waals surface area contributed by atoms with E-state index in [1.54, 1.807) is 6.20 Å². The molecule has 0 bridgehead atoms. The Labute approximate surface area is 197 Å². The molecule has 34 heavy (non-hydrogen) atoms. The summed E-state index contributed by atoms with van der Waals surface area (Å²) in [6.07, 6.45) is 2.47. The van der Waals surface area contributed by atoms with Gasteiger partial charge in [0.1, 0.15) is 11.5 Å². The van der Waals surface area contributed by atoms with Crippen LogP contribution in [0.25, 0.3) is 22.7 Å². The average Bonchev–Trinajstić information content (AvgIpc) is 3.57. The number of hydrogen-bond acceptors (Lipinski definition) is 7. The minimum atomic E-state index is -2.91. The van der Waals surface area contributed by atoms with Crippen LogP contribution >= 0.6 is 11.6 Å². The van der Waals surface area contributed by atoms with E-state index in [1.807, 2.05) is 18.2 Å². The molecule has 1 fully saturated rings. The van der Waals surface area contributed by atoms with Crippen molar-refractivity contribution < 1.29 is 17.6 Å². The average molecular weight is 490 g/mol. The van der Waals surface area contributed by atoms with Crippen LogP contribution in [0.1, 0.15) is 36.4 Å². The van der Waals surface area contributed by atoms with Crippen LogP contribution in [0.2, 0.25) is 5.02 Å². The Hall–Kier alpha value is -3.31. The highest BCUT2D eigenvalue weighted by Crippen LogP contribution is 2.26. The topological polar surface area (TPSA) is 85.8 Å². The number of nitrogens with zero attached hydrogens (tertiary/aromatic N) is 7. The van der Waals surface area contributed by atoms with Gasteiger partial charge in [0.25, 0.3) is 5.89 Å². The maximum atomic E-state index is 14.6. The van der Waals surface area contributed by atoms with Gasteiger partial charge in [-0.15, -0.1) is 15.3 Å². The minimum Gasteiger partial charge on any atom is -0.415 e. The van der Waals surface area contributed by atoms with E-state index < -0.39 is 18.1 Å². The molecule has 5 rings (SSSR count). The molecule has 12 heteroatoms. The van der Waals surface area contributed by atoms with Crippen molar-refractivity contribution in [2.75, 3.05) is 13.1 Å². The number of benzene rings is 1. The van der Waals surface area contributed by atoms with Crippen molar-refractivity contribution in [3.63, 3.8) is 0 Å². The van der Waals surface area contributed by atoms with E-state index in [9.17, 15) is 13.2 Å². The normalized spacial score (nSPS) is 14.4. The van der Waals surface area contributed by atoms with E-state index in [0.717, 1.165) is 36.8 Å². The molecule has 4 aromatic rings. The lowest BCUT2D eigenvalue weighted by atomic mass is 10.1. The van der Waals surface area contributed by atoms with Crippen LogP contribution in [0.5, 0.6) is 0 Å². The Bertz CT molecular complexity index is 1300. The van der Waals surface area contributed by atoms with Gasteiger partial charge in [0.2, 0.25) is 5.89 Å². The third-order valence-electron chi connectivity index (χ3n) is 5.50. The van der Waals surface area contributed by atoms with E-state index >= 15 is 0 Å². The second-order valence-corrected chi connectivity index (χ2v) is 8.47. The van der Waals surface area contributed by atoms with Gasteiger partial charge < -0.3 is 4.42 Å². The Morgan fingerprint density at radius 2 is 1.82 bits per heavy atom. The van der Waals surface area contributed by atoms with Gasteiger partial charge in [-0.1, -0.05) is 16.8 Å². The summed E-state index contributed by atoms with van der Waals surface area (Å²) in [7, 11) is 0. The summed E-state index contributed by atoms with van der Waals surface area (Å²) < 4.78 is 46.2. The van der Waals surface area contributed by atoms with Crippen molar-refractivity contribution in [2.24, 2.45) is 0 Å². The standard InChI is InChI=1S/C22H19ClF3N7O/c23-16-6-13(10-32-3-1-2-4-32)5-14(7-16)18-11-33(31-28-18)12-19-17(24)8-15(9-27-19)21-29-30-22(34-21)20(25)26/h5-9,11,20H,1-4,10,12H2. The minimum absolute atomic E-state index is 0.0203. The predicted molar refractivity (Wildman–Crippen MR) is 117 cm³/mol. The zero-order valence-electron chi connectivity index (χ0n) is 17.8. The SMILES string of the molecule is Fc1cc(-c2nnc(C(F)F)o2)cnc1Cn1cc(-c2cc(Cl)cc(CN3CCCC3)c2)nn1. The Kier molecular flexibility index (Phi) is 6.29. The second-order valence-electron chi connectivity index (χ2n) is 8.03. The van der Waals surface area contributed by atoms with Crippen LogP contribution in [0, 0.1) is 5.82 Å². The summed E-state index contributed by atoms with van der Waals surface area (Å²) >= 11 is 6.33. The number of alkyl halides is 2. The molecule has 0 amide bonds. The summed E-state index contributed by atoms with van der Waals surface area (Å²) in [5, 5.41) is 15.6. The first-order chi connectivity index (χ1) is 16.4. The molecule has 0 N–H and O–H groups in total. The van der Waals surface area contributed by atoms with Crippen LogP contribution in [-0.2, 0) is 13.1 Å². The van der Waals surface area contributed by atoms with E-state index in [-0.39, 0.29) is 23.7 Å². The first kappa shape index (κ1) is 22.5. The van der Waals surface area contributed by atoms with Gasteiger partial charge >= 0.3 is 6.43 Å². The van der Waals surface area contributed by atoms with Gasteiger partial charge in [-0.05, 0) is 55.8 Å². The zero-order chi connectivity index (χ0) is 23.7. The number of hydrogen-bond donors (Lipinski definition) is 0. The summed E-state index contributed by atoms with van der Waals surface area (Å²) in [6.45, 7) is 3.00. The predicted octanol–water partition coefficient (Wildman–Crippen LogP) is 4.76. The maximum absolute atomic E-state index is 14.6. The molecule has 1 aliphatic rings. The number of halogens is 4. The van der Waals surface area contributed by atoms with Crippen molar-refractivity contribution in [1.29, 1.82) is 0 Å². The fraction of sp³-hybridized carbons (Fsp3) is 0.318. The molecule has 0 spiro atoms. The lowest BCUT2D eigenvalue weighted by molar-refractivity contribution is 0.116. The lowest BCUT2D eigenvalue weighted by Crippen LogP contribution is -2.18. The van der Waals surface area contributed by atoms with Crippen molar-refractivity contribution >= 4 is 11.6 Å². The van der Waals surface area contributed by atoms with Crippen LogP contribution in [-0.4, -0.2) is 48.2 Å². The van der Waals surface area contributed by atoms with Crippen LogP contribution in [0.15, 0.2) is 41.1 Å². The second kappa shape index (κ2) is 9.51. The molecule has 0 radical (unpaired) electrons. The van der Waals surface area contributed by atoms with Crippen molar-refractivity contribution in [3.05, 3.63) is 64.6 Å². The van der Waals surface area contributed by atoms with Gasteiger partial charge in [0.05, 0.1) is 24.0 Å². The highest BCUT2D eigenvalue weighted by molar-refractivity contribution is 6.30. The maximum Gasteiger partial charge on any atom is 0.314 e. The quantitative estimate of drug-likeness (QED) is 0.370. The van der Waals surface area contributed by atoms with E-state index in [2.05, 4.69) is 30.4 Å². The first-order valence-electron chi connectivity index (χ1n) is 10.6. The molecule has 1 aliphatic heterocycles. The van der Waals surface area contributed by atoms with E-state index in [1.165, 1.54) is 23.7 Å². The molecule has 3 aromatic heterocycles. The fourth-order valence-corrected chi connectivity index (χ4v) is 4.15. The summed E-state index contributed by atoms with van der Waals surface area (Å²) in [5.41, 5.74) is 2.72. The van der Waals surface area contributed by atoms with Crippen LogP contribution < -0.4 is 0 Å². The molecular weight excluding hydrogens is 471 g/mol. The number of pyridine rings is 1. The van der Waals surface area contributed by atoms with Gasteiger partial charge in [-0.2, -0.15) is 8.78 Å². The number of aromatic nitrogens is 6. The molecule has 0 aliphatic carbocycles.